The third kappa shape index (κ3) is 3.96. The monoisotopic (exact) mass is 373 g/mol. The molecule has 0 saturated carbocycles. The highest BCUT2D eigenvalue weighted by atomic mass is 16.5. The summed E-state index contributed by atoms with van der Waals surface area (Å²) in [5, 5.41) is 3.88. The molecule has 6 heteroatoms. The van der Waals surface area contributed by atoms with Crippen molar-refractivity contribution in [3.05, 3.63) is 84.2 Å². The Kier molecular flexibility index (Phi) is 4.93. The predicted molar refractivity (Wildman–Crippen MR) is 107 cm³/mol. The van der Waals surface area contributed by atoms with Crippen LogP contribution < -0.4 is 14.8 Å². The fourth-order valence-corrected chi connectivity index (χ4v) is 2.88. The number of amides is 1. The Morgan fingerprint density at radius 2 is 1.96 bits per heavy atom. The van der Waals surface area contributed by atoms with Crippen LogP contribution in [0.1, 0.15) is 16.1 Å². The van der Waals surface area contributed by atoms with Gasteiger partial charge < -0.3 is 19.8 Å². The summed E-state index contributed by atoms with van der Waals surface area (Å²) in [6.45, 7) is 0.386. The Balaban J connectivity index is 1.42. The van der Waals surface area contributed by atoms with Gasteiger partial charge in [0.1, 0.15) is 17.2 Å². The van der Waals surface area contributed by atoms with E-state index in [9.17, 15) is 4.79 Å². The van der Waals surface area contributed by atoms with Gasteiger partial charge in [-0.2, -0.15) is 0 Å². The van der Waals surface area contributed by atoms with Crippen LogP contribution in [0, 0.1) is 0 Å². The minimum Gasteiger partial charge on any atom is -0.497 e. The van der Waals surface area contributed by atoms with Crippen molar-refractivity contribution < 1.29 is 14.3 Å². The summed E-state index contributed by atoms with van der Waals surface area (Å²) in [7, 11) is 1.61. The molecule has 4 aromatic rings. The number of H-pyrrole nitrogens is 1. The number of ether oxygens (including phenoxy) is 2. The van der Waals surface area contributed by atoms with Crippen LogP contribution in [0.3, 0.4) is 0 Å². The molecule has 0 aliphatic carbocycles. The van der Waals surface area contributed by atoms with Crippen LogP contribution in [0.2, 0.25) is 0 Å². The standard InChI is InChI=1S/C22H19N3O3/c1-27-17-9-8-16-12-20(25-19(16)13-17)22(26)24-14-15-5-4-6-18(11-15)28-21-7-2-3-10-23-21/h2-13,25H,14H2,1H3,(H,24,26). The minimum atomic E-state index is -0.175. The molecule has 0 bridgehead atoms. The van der Waals surface area contributed by atoms with Gasteiger partial charge in [-0.1, -0.05) is 18.2 Å². The van der Waals surface area contributed by atoms with E-state index < -0.39 is 0 Å². The van der Waals surface area contributed by atoms with Gasteiger partial charge in [0, 0.05) is 35.8 Å². The van der Waals surface area contributed by atoms with Gasteiger partial charge in [0.15, 0.2) is 0 Å². The first-order chi connectivity index (χ1) is 13.7. The zero-order valence-corrected chi connectivity index (χ0v) is 15.3. The zero-order valence-electron chi connectivity index (χ0n) is 15.3. The number of hydrogen-bond acceptors (Lipinski definition) is 4. The average Bonchev–Trinajstić information content (AvgIpc) is 3.16. The largest absolute Gasteiger partial charge is 0.497 e. The smallest absolute Gasteiger partial charge is 0.267 e. The highest BCUT2D eigenvalue weighted by Gasteiger charge is 2.10. The molecule has 0 spiro atoms. The van der Waals surface area contributed by atoms with Gasteiger partial charge in [-0.3, -0.25) is 4.79 Å². The number of carbonyl (C=O) groups excluding carboxylic acids is 1. The fraction of sp³-hybridized carbons (Fsp3) is 0.0909. The lowest BCUT2D eigenvalue weighted by molar-refractivity contribution is 0.0946. The Morgan fingerprint density at radius 3 is 2.79 bits per heavy atom. The molecule has 0 aliphatic rings. The molecule has 140 valence electrons. The van der Waals surface area contributed by atoms with Gasteiger partial charge in [-0.15, -0.1) is 0 Å². The molecule has 0 saturated heterocycles. The second kappa shape index (κ2) is 7.84. The summed E-state index contributed by atoms with van der Waals surface area (Å²) in [6, 6.07) is 20.5. The summed E-state index contributed by atoms with van der Waals surface area (Å²) in [5.41, 5.74) is 2.29. The average molecular weight is 373 g/mol. The van der Waals surface area contributed by atoms with Crippen molar-refractivity contribution >= 4 is 16.8 Å². The van der Waals surface area contributed by atoms with Crippen LogP contribution in [0.4, 0.5) is 0 Å². The van der Waals surface area contributed by atoms with Crippen LogP contribution >= 0.6 is 0 Å². The number of nitrogens with one attached hydrogen (secondary N) is 2. The summed E-state index contributed by atoms with van der Waals surface area (Å²) >= 11 is 0. The van der Waals surface area contributed by atoms with Crippen molar-refractivity contribution in [2.75, 3.05) is 7.11 Å². The Bertz CT molecular complexity index is 1110. The van der Waals surface area contributed by atoms with Crippen molar-refractivity contribution in [3.63, 3.8) is 0 Å². The number of rotatable bonds is 6. The van der Waals surface area contributed by atoms with Crippen LogP contribution in [-0.4, -0.2) is 23.0 Å². The molecule has 2 aromatic heterocycles. The number of aromatic amines is 1. The maximum Gasteiger partial charge on any atom is 0.267 e. The van der Waals surface area contributed by atoms with Crippen molar-refractivity contribution in [1.29, 1.82) is 0 Å². The van der Waals surface area contributed by atoms with Gasteiger partial charge in [0.2, 0.25) is 5.88 Å². The molecular weight excluding hydrogens is 354 g/mol. The highest BCUT2D eigenvalue weighted by molar-refractivity contribution is 5.98. The molecule has 1 amide bonds. The molecule has 4 rings (SSSR count). The third-order valence-corrected chi connectivity index (χ3v) is 4.29. The number of pyridine rings is 1. The molecule has 0 radical (unpaired) electrons. The molecule has 0 fully saturated rings. The van der Waals surface area contributed by atoms with Crippen molar-refractivity contribution in [2.45, 2.75) is 6.54 Å². The second-order valence-electron chi connectivity index (χ2n) is 6.24. The molecule has 0 atom stereocenters. The summed E-state index contributed by atoms with van der Waals surface area (Å²) < 4.78 is 10.9. The topological polar surface area (TPSA) is 76.2 Å². The zero-order chi connectivity index (χ0) is 19.3. The highest BCUT2D eigenvalue weighted by Crippen LogP contribution is 2.22. The van der Waals surface area contributed by atoms with E-state index in [-0.39, 0.29) is 5.91 Å². The summed E-state index contributed by atoms with van der Waals surface area (Å²) in [6.07, 6.45) is 1.68. The first kappa shape index (κ1) is 17.6. The molecule has 6 nitrogen and oxygen atoms in total. The SMILES string of the molecule is COc1ccc2cc(C(=O)NCc3cccc(Oc4ccccn4)c3)[nH]c2c1. The van der Waals surface area contributed by atoms with Crippen LogP contribution in [0.25, 0.3) is 10.9 Å². The van der Waals surface area contributed by atoms with Gasteiger partial charge in [0.05, 0.1) is 7.11 Å². The van der Waals surface area contributed by atoms with E-state index in [1.807, 2.05) is 60.7 Å². The number of nitrogens with zero attached hydrogens (tertiary/aromatic N) is 1. The number of methoxy groups -OCH3 is 1. The maximum absolute atomic E-state index is 12.5. The molecule has 0 aliphatic heterocycles. The summed E-state index contributed by atoms with van der Waals surface area (Å²) in [4.78, 5) is 19.8. The molecule has 0 unspecified atom stereocenters. The van der Waals surface area contributed by atoms with Gasteiger partial charge >= 0.3 is 0 Å². The minimum absolute atomic E-state index is 0.175. The van der Waals surface area contributed by atoms with E-state index in [0.29, 0.717) is 23.9 Å². The molecular formula is C22H19N3O3. The second-order valence-corrected chi connectivity index (χ2v) is 6.24. The van der Waals surface area contributed by atoms with Crippen molar-refractivity contribution in [1.82, 2.24) is 15.3 Å². The Hall–Kier alpha value is -3.80. The van der Waals surface area contributed by atoms with Gasteiger partial charge in [-0.05, 0) is 42.0 Å². The molecule has 2 heterocycles. The first-order valence-corrected chi connectivity index (χ1v) is 8.84. The number of aromatic nitrogens is 2. The quantitative estimate of drug-likeness (QED) is 0.528. The lowest BCUT2D eigenvalue weighted by Crippen LogP contribution is -2.23. The van der Waals surface area contributed by atoms with E-state index in [4.69, 9.17) is 9.47 Å². The van der Waals surface area contributed by atoms with Crippen LogP contribution in [-0.2, 0) is 6.54 Å². The Morgan fingerprint density at radius 1 is 1.04 bits per heavy atom. The lowest BCUT2D eigenvalue weighted by Gasteiger charge is -2.08. The summed E-state index contributed by atoms with van der Waals surface area (Å²) in [5.74, 6) is 1.76. The predicted octanol–water partition coefficient (Wildman–Crippen LogP) is 4.29. The van der Waals surface area contributed by atoms with E-state index in [1.54, 1.807) is 19.4 Å². The number of benzene rings is 2. The van der Waals surface area contributed by atoms with Crippen molar-refractivity contribution in [3.8, 4) is 17.4 Å². The van der Waals surface area contributed by atoms with Crippen molar-refractivity contribution in [2.24, 2.45) is 0 Å². The number of carbonyl (C=O) groups is 1. The lowest BCUT2D eigenvalue weighted by atomic mass is 10.2. The van der Waals surface area contributed by atoms with Gasteiger partial charge in [-0.25, -0.2) is 4.98 Å². The van der Waals surface area contributed by atoms with E-state index in [2.05, 4.69) is 15.3 Å². The number of hydrogen-bond donors (Lipinski definition) is 2. The first-order valence-electron chi connectivity index (χ1n) is 8.84. The van der Waals surface area contributed by atoms with Crippen LogP contribution in [0.5, 0.6) is 17.4 Å². The maximum atomic E-state index is 12.5. The normalized spacial score (nSPS) is 10.6. The Labute approximate surface area is 162 Å². The van der Waals surface area contributed by atoms with E-state index >= 15 is 0 Å². The molecule has 28 heavy (non-hydrogen) atoms. The van der Waals surface area contributed by atoms with Crippen LogP contribution in [0.15, 0.2) is 72.9 Å². The third-order valence-electron chi connectivity index (χ3n) is 4.29. The fourth-order valence-electron chi connectivity index (χ4n) is 2.88. The number of fused-ring (bicyclic) bond motifs is 1. The van der Waals surface area contributed by atoms with E-state index in [0.717, 1.165) is 22.2 Å². The molecule has 2 aromatic carbocycles. The van der Waals surface area contributed by atoms with Gasteiger partial charge in [0.25, 0.3) is 5.91 Å². The van der Waals surface area contributed by atoms with E-state index in [1.165, 1.54) is 0 Å². The molecule has 2 N–H and O–H groups in total.